The Morgan fingerprint density at radius 1 is 1.24 bits per heavy atom. The van der Waals surface area contributed by atoms with Crippen molar-refractivity contribution in [3.63, 3.8) is 0 Å². The molecule has 0 aliphatic carbocycles. The van der Waals surface area contributed by atoms with E-state index in [2.05, 4.69) is 15.4 Å². The second-order valence-electron chi connectivity index (χ2n) is 5.96. The van der Waals surface area contributed by atoms with E-state index in [0.29, 0.717) is 17.2 Å². The van der Waals surface area contributed by atoms with Crippen LogP contribution in [0.2, 0.25) is 0 Å². The van der Waals surface area contributed by atoms with Gasteiger partial charge in [-0.25, -0.2) is 9.67 Å². The molecule has 29 heavy (non-hydrogen) atoms. The normalized spacial score (nSPS) is 11.3. The molecule has 152 valence electrons. The quantitative estimate of drug-likeness (QED) is 0.619. The van der Waals surface area contributed by atoms with E-state index in [9.17, 15) is 18.0 Å². The van der Waals surface area contributed by atoms with Gasteiger partial charge >= 0.3 is 6.18 Å². The molecule has 1 N–H and O–H groups in total. The molecule has 1 heterocycles. The Kier molecular flexibility index (Phi) is 6.42. The SMILES string of the molecule is COc1cccc(CSCC(=O)Nc2cc(C(F)(F)F)ccc2-n2cncn2)c1. The molecule has 0 unspecified atom stereocenters. The number of methoxy groups -OCH3 is 1. The van der Waals surface area contributed by atoms with Crippen LogP contribution in [0.3, 0.4) is 0 Å². The molecule has 6 nitrogen and oxygen atoms in total. The molecular weight excluding hydrogens is 405 g/mol. The van der Waals surface area contributed by atoms with Crippen molar-refractivity contribution >= 4 is 23.4 Å². The average Bonchev–Trinajstić information content (AvgIpc) is 3.22. The third kappa shape index (κ3) is 5.50. The number of amides is 1. The number of alkyl halides is 3. The Labute approximate surface area is 169 Å². The molecule has 1 amide bonds. The van der Waals surface area contributed by atoms with Gasteiger partial charge in [-0.05, 0) is 35.9 Å². The van der Waals surface area contributed by atoms with Gasteiger partial charge in [-0.15, -0.1) is 11.8 Å². The Morgan fingerprint density at radius 2 is 2.07 bits per heavy atom. The number of thioether (sulfide) groups is 1. The summed E-state index contributed by atoms with van der Waals surface area (Å²) >= 11 is 1.34. The van der Waals surface area contributed by atoms with Crippen molar-refractivity contribution in [1.29, 1.82) is 0 Å². The fourth-order valence-electron chi connectivity index (χ4n) is 2.56. The summed E-state index contributed by atoms with van der Waals surface area (Å²) in [6.07, 6.45) is -1.93. The van der Waals surface area contributed by atoms with Crippen LogP contribution in [0, 0.1) is 0 Å². The molecule has 0 bridgehead atoms. The predicted octanol–water partition coefficient (Wildman–Crippen LogP) is 4.17. The van der Waals surface area contributed by atoms with Crippen LogP contribution in [0.15, 0.2) is 55.1 Å². The second kappa shape index (κ2) is 8.99. The van der Waals surface area contributed by atoms with Gasteiger partial charge in [0.05, 0.1) is 29.8 Å². The number of halogens is 3. The lowest BCUT2D eigenvalue weighted by atomic mass is 10.1. The van der Waals surface area contributed by atoms with Crippen molar-refractivity contribution in [2.75, 3.05) is 18.2 Å². The highest BCUT2D eigenvalue weighted by atomic mass is 32.2. The predicted molar refractivity (Wildman–Crippen MR) is 104 cm³/mol. The lowest BCUT2D eigenvalue weighted by Gasteiger charge is -2.14. The molecule has 0 saturated carbocycles. The van der Waals surface area contributed by atoms with Gasteiger partial charge in [-0.2, -0.15) is 18.3 Å². The van der Waals surface area contributed by atoms with Gasteiger partial charge in [-0.3, -0.25) is 4.79 Å². The molecular formula is C19H17F3N4O2S. The molecule has 3 aromatic rings. The molecule has 0 aliphatic heterocycles. The first-order valence-corrected chi connectivity index (χ1v) is 9.59. The number of hydrogen-bond donors (Lipinski definition) is 1. The minimum atomic E-state index is -4.53. The maximum absolute atomic E-state index is 13.1. The van der Waals surface area contributed by atoms with Crippen molar-refractivity contribution in [3.8, 4) is 11.4 Å². The van der Waals surface area contributed by atoms with Crippen LogP contribution in [0.1, 0.15) is 11.1 Å². The first-order valence-electron chi connectivity index (χ1n) is 8.43. The zero-order chi connectivity index (χ0) is 20.9. The van der Waals surface area contributed by atoms with Crippen molar-refractivity contribution in [2.45, 2.75) is 11.9 Å². The van der Waals surface area contributed by atoms with E-state index in [1.165, 1.54) is 35.2 Å². The number of anilines is 1. The molecule has 0 atom stereocenters. The summed E-state index contributed by atoms with van der Waals surface area (Å²) in [4.78, 5) is 16.1. The standard InChI is InChI=1S/C19H17F3N4O2S/c1-28-15-4-2-3-13(7-15)9-29-10-18(27)25-16-8-14(19(20,21)22)5-6-17(16)26-12-23-11-24-26/h2-8,11-12H,9-10H2,1H3,(H,25,27). The fourth-order valence-corrected chi connectivity index (χ4v) is 3.33. The van der Waals surface area contributed by atoms with Gasteiger partial charge < -0.3 is 10.1 Å². The third-order valence-corrected chi connectivity index (χ3v) is 4.90. The maximum atomic E-state index is 13.1. The van der Waals surface area contributed by atoms with Crippen LogP contribution >= 0.6 is 11.8 Å². The van der Waals surface area contributed by atoms with Crippen LogP contribution in [0.5, 0.6) is 5.75 Å². The summed E-state index contributed by atoms with van der Waals surface area (Å²) in [6, 6.07) is 10.5. The van der Waals surface area contributed by atoms with E-state index in [4.69, 9.17) is 4.74 Å². The van der Waals surface area contributed by atoms with Gasteiger partial charge in [0, 0.05) is 5.75 Å². The number of ether oxygens (including phenoxy) is 1. The molecule has 0 saturated heterocycles. The number of nitrogens with one attached hydrogen (secondary N) is 1. The van der Waals surface area contributed by atoms with Crippen LogP contribution in [0.25, 0.3) is 5.69 Å². The molecule has 3 rings (SSSR count). The van der Waals surface area contributed by atoms with Crippen LogP contribution in [-0.2, 0) is 16.7 Å². The summed E-state index contributed by atoms with van der Waals surface area (Å²) in [5, 5.41) is 6.47. The van der Waals surface area contributed by atoms with Gasteiger partial charge in [0.15, 0.2) is 0 Å². The largest absolute Gasteiger partial charge is 0.497 e. The molecule has 10 heteroatoms. The monoisotopic (exact) mass is 422 g/mol. The van der Waals surface area contributed by atoms with Gasteiger partial charge in [0.2, 0.25) is 5.91 Å². The number of carbonyl (C=O) groups excluding carboxylic acids is 1. The summed E-state index contributed by atoms with van der Waals surface area (Å²) in [6.45, 7) is 0. The van der Waals surface area contributed by atoms with Gasteiger partial charge in [-0.1, -0.05) is 12.1 Å². The Hall–Kier alpha value is -3.01. The highest BCUT2D eigenvalue weighted by Crippen LogP contribution is 2.33. The van der Waals surface area contributed by atoms with E-state index in [1.807, 2.05) is 24.3 Å². The Morgan fingerprint density at radius 3 is 2.76 bits per heavy atom. The fraction of sp³-hybridized carbons (Fsp3) is 0.211. The van der Waals surface area contributed by atoms with Crippen molar-refractivity contribution in [1.82, 2.24) is 14.8 Å². The van der Waals surface area contributed by atoms with E-state index in [-0.39, 0.29) is 11.4 Å². The van der Waals surface area contributed by atoms with Gasteiger partial charge in [0.1, 0.15) is 18.4 Å². The number of rotatable bonds is 7. The van der Waals surface area contributed by atoms with Crippen LogP contribution in [-0.4, -0.2) is 33.5 Å². The number of aromatic nitrogens is 3. The minimum Gasteiger partial charge on any atom is -0.497 e. The van der Waals surface area contributed by atoms with Crippen molar-refractivity contribution in [3.05, 3.63) is 66.2 Å². The van der Waals surface area contributed by atoms with E-state index < -0.39 is 17.6 Å². The van der Waals surface area contributed by atoms with E-state index in [0.717, 1.165) is 17.7 Å². The zero-order valence-electron chi connectivity index (χ0n) is 15.3. The highest BCUT2D eigenvalue weighted by molar-refractivity contribution is 7.99. The second-order valence-corrected chi connectivity index (χ2v) is 6.95. The van der Waals surface area contributed by atoms with Crippen LogP contribution < -0.4 is 10.1 Å². The molecule has 0 radical (unpaired) electrons. The molecule has 0 fully saturated rings. The molecule has 2 aromatic carbocycles. The topological polar surface area (TPSA) is 69.0 Å². The highest BCUT2D eigenvalue weighted by Gasteiger charge is 2.31. The van der Waals surface area contributed by atoms with E-state index >= 15 is 0 Å². The Balaban J connectivity index is 1.69. The molecule has 1 aromatic heterocycles. The molecule has 0 aliphatic rings. The number of carbonyl (C=O) groups is 1. The first kappa shape index (κ1) is 20.7. The Bertz CT molecular complexity index is 978. The summed E-state index contributed by atoms with van der Waals surface area (Å²) in [5.41, 5.74) is 0.421. The molecule has 0 spiro atoms. The first-order chi connectivity index (χ1) is 13.9. The van der Waals surface area contributed by atoms with Crippen molar-refractivity contribution in [2.24, 2.45) is 0 Å². The summed E-state index contributed by atoms with van der Waals surface area (Å²) in [5.74, 6) is 0.931. The van der Waals surface area contributed by atoms with Gasteiger partial charge in [0.25, 0.3) is 0 Å². The number of hydrogen-bond acceptors (Lipinski definition) is 5. The smallest absolute Gasteiger partial charge is 0.416 e. The zero-order valence-corrected chi connectivity index (χ0v) is 16.1. The lowest BCUT2D eigenvalue weighted by Crippen LogP contribution is -2.17. The average molecular weight is 422 g/mol. The van der Waals surface area contributed by atoms with Crippen molar-refractivity contribution < 1.29 is 22.7 Å². The number of benzene rings is 2. The van der Waals surface area contributed by atoms with Crippen LogP contribution in [0.4, 0.5) is 18.9 Å². The lowest BCUT2D eigenvalue weighted by molar-refractivity contribution is -0.137. The summed E-state index contributed by atoms with van der Waals surface area (Å²) in [7, 11) is 1.57. The maximum Gasteiger partial charge on any atom is 0.416 e. The minimum absolute atomic E-state index is 0.0114. The summed E-state index contributed by atoms with van der Waals surface area (Å²) < 4.78 is 45.7. The third-order valence-electron chi connectivity index (χ3n) is 3.90. The van der Waals surface area contributed by atoms with E-state index in [1.54, 1.807) is 7.11 Å². The number of nitrogens with zero attached hydrogens (tertiary/aromatic N) is 3.